The van der Waals surface area contributed by atoms with Gasteiger partial charge in [0.1, 0.15) is 0 Å². The maximum atomic E-state index is 12.3. The van der Waals surface area contributed by atoms with Crippen molar-refractivity contribution in [2.45, 2.75) is 43.8 Å². The molecule has 5 nitrogen and oxygen atoms in total. The van der Waals surface area contributed by atoms with Crippen molar-refractivity contribution in [1.29, 1.82) is 0 Å². The van der Waals surface area contributed by atoms with Crippen LogP contribution in [0.5, 0.6) is 0 Å². The summed E-state index contributed by atoms with van der Waals surface area (Å²) in [6, 6.07) is 10.6. The minimum Gasteiger partial charge on any atom is -0.357 e. The van der Waals surface area contributed by atoms with Gasteiger partial charge in [-0.3, -0.25) is 4.99 Å². The second-order valence-electron chi connectivity index (χ2n) is 7.82. The van der Waals surface area contributed by atoms with E-state index >= 15 is 0 Å². The zero-order chi connectivity index (χ0) is 18.1. The highest BCUT2D eigenvalue weighted by molar-refractivity contribution is 14.0. The topological polar surface area (TPSA) is 61.8 Å². The van der Waals surface area contributed by atoms with Crippen molar-refractivity contribution < 1.29 is 8.42 Å². The van der Waals surface area contributed by atoms with Gasteiger partial charge in [0, 0.05) is 25.0 Å². The molecular weight excluding hydrogens is 461 g/mol. The van der Waals surface area contributed by atoms with Gasteiger partial charge in [0.05, 0.1) is 17.0 Å². The second kappa shape index (κ2) is 8.04. The molecule has 0 amide bonds. The Hall–Kier alpha value is -0.830. The van der Waals surface area contributed by atoms with E-state index in [0.29, 0.717) is 13.1 Å². The highest BCUT2D eigenvalue weighted by Crippen LogP contribution is 2.48. The average molecular weight is 491 g/mol. The van der Waals surface area contributed by atoms with Crippen molar-refractivity contribution in [2.75, 3.05) is 31.9 Å². The van der Waals surface area contributed by atoms with Crippen LogP contribution < -0.4 is 5.32 Å². The third kappa shape index (κ3) is 4.35. The third-order valence-electron chi connectivity index (χ3n) is 5.45. The first-order chi connectivity index (χ1) is 11.8. The first kappa shape index (κ1) is 21.5. The van der Waals surface area contributed by atoms with Crippen LogP contribution in [0.3, 0.4) is 0 Å². The Morgan fingerprint density at radius 2 is 1.88 bits per heavy atom. The quantitative estimate of drug-likeness (QED) is 0.400. The van der Waals surface area contributed by atoms with Crippen LogP contribution in [-0.4, -0.2) is 56.0 Å². The Morgan fingerprint density at radius 3 is 2.42 bits per heavy atom. The summed E-state index contributed by atoms with van der Waals surface area (Å²) >= 11 is 0. The smallest absolute Gasteiger partial charge is 0.194 e. The summed E-state index contributed by atoms with van der Waals surface area (Å²) in [6.07, 6.45) is 2.33. The highest BCUT2D eigenvalue weighted by Gasteiger charge is 2.45. The SMILES string of the molecule is CCNC(=NCC1(c2ccccc2)CC1)N1CCS(=O)(=O)C(C)(C)C1.I. The zero-order valence-corrected chi connectivity index (χ0v) is 19.0. The van der Waals surface area contributed by atoms with Crippen LogP contribution >= 0.6 is 24.0 Å². The summed E-state index contributed by atoms with van der Waals surface area (Å²) in [4.78, 5) is 7.00. The van der Waals surface area contributed by atoms with Gasteiger partial charge in [-0.2, -0.15) is 0 Å². The molecule has 1 saturated heterocycles. The van der Waals surface area contributed by atoms with Gasteiger partial charge in [-0.25, -0.2) is 8.42 Å². The molecule has 1 heterocycles. The molecule has 0 bridgehead atoms. The van der Waals surface area contributed by atoms with Crippen molar-refractivity contribution in [3.63, 3.8) is 0 Å². The molecule has 146 valence electrons. The monoisotopic (exact) mass is 491 g/mol. The number of hydrogen-bond donors (Lipinski definition) is 1. The van der Waals surface area contributed by atoms with Gasteiger partial charge in [-0.15, -0.1) is 24.0 Å². The van der Waals surface area contributed by atoms with E-state index in [9.17, 15) is 8.42 Å². The molecule has 1 saturated carbocycles. The van der Waals surface area contributed by atoms with Crippen LogP contribution in [0.2, 0.25) is 0 Å². The molecule has 26 heavy (non-hydrogen) atoms. The predicted molar refractivity (Wildman–Crippen MR) is 118 cm³/mol. The second-order valence-corrected chi connectivity index (χ2v) is 10.6. The van der Waals surface area contributed by atoms with Crippen LogP contribution in [0.15, 0.2) is 35.3 Å². The molecule has 1 aliphatic carbocycles. The molecule has 2 fully saturated rings. The van der Waals surface area contributed by atoms with E-state index in [1.54, 1.807) is 0 Å². The summed E-state index contributed by atoms with van der Waals surface area (Å²) in [5, 5.41) is 3.35. The number of benzene rings is 1. The molecule has 7 heteroatoms. The number of halogens is 1. The molecule has 0 unspecified atom stereocenters. The highest BCUT2D eigenvalue weighted by atomic mass is 127. The maximum absolute atomic E-state index is 12.3. The molecule has 0 atom stereocenters. The summed E-state index contributed by atoms with van der Waals surface area (Å²) in [6.45, 7) is 8.19. The third-order valence-corrected chi connectivity index (χ3v) is 7.98. The molecule has 1 N–H and O–H groups in total. The Morgan fingerprint density at radius 1 is 1.23 bits per heavy atom. The molecule has 1 aromatic carbocycles. The van der Waals surface area contributed by atoms with Gasteiger partial charge in [0.2, 0.25) is 0 Å². The first-order valence-electron chi connectivity index (χ1n) is 9.11. The van der Waals surface area contributed by atoms with Gasteiger partial charge in [-0.05, 0) is 39.2 Å². The Kier molecular flexibility index (Phi) is 6.64. The van der Waals surface area contributed by atoms with Crippen LogP contribution in [0.4, 0.5) is 0 Å². The molecule has 3 rings (SSSR count). The zero-order valence-electron chi connectivity index (χ0n) is 15.9. The van der Waals surface area contributed by atoms with Gasteiger partial charge >= 0.3 is 0 Å². The van der Waals surface area contributed by atoms with Crippen LogP contribution in [0, 0.1) is 0 Å². The van der Waals surface area contributed by atoms with E-state index in [1.807, 2.05) is 26.8 Å². The van der Waals surface area contributed by atoms with E-state index in [1.165, 1.54) is 18.4 Å². The first-order valence-corrected chi connectivity index (χ1v) is 10.8. The van der Waals surface area contributed by atoms with Gasteiger partial charge < -0.3 is 10.2 Å². The minimum absolute atomic E-state index is 0. The Balaban J connectivity index is 0.00000243. The predicted octanol–water partition coefficient (Wildman–Crippen LogP) is 2.81. The maximum Gasteiger partial charge on any atom is 0.194 e. The van der Waals surface area contributed by atoms with Gasteiger partial charge in [0.15, 0.2) is 15.8 Å². The molecule has 2 aliphatic rings. The van der Waals surface area contributed by atoms with Crippen LogP contribution in [0.25, 0.3) is 0 Å². The largest absolute Gasteiger partial charge is 0.357 e. The number of hydrogen-bond acceptors (Lipinski definition) is 3. The number of nitrogens with one attached hydrogen (secondary N) is 1. The lowest BCUT2D eigenvalue weighted by Crippen LogP contribution is -2.57. The van der Waals surface area contributed by atoms with E-state index in [0.717, 1.165) is 19.0 Å². The number of aliphatic imine (C=N–C) groups is 1. The van der Waals surface area contributed by atoms with Gasteiger partial charge in [-0.1, -0.05) is 30.3 Å². The lowest BCUT2D eigenvalue weighted by Gasteiger charge is -2.39. The molecular formula is C19H30IN3O2S. The number of sulfone groups is 1. The average Bonchev–Trinajstić information content (AvgIpc) is 3.36. The van der Waals surface area contributed by atoms with Crippen molar-refractivity contribution in [2.24, 2.45) is 4.99 Å². The van der Waals surface area contributed by atoms with Crippen molar-refractivity contribution in [3.8, 4) is 0 Å². The summed E-state index contributed by atoms with van der Waals surface area (Å²) < 4.78 is 23.8. The number of guanidine groups is 1. The van der Waals surface area contributed by atoms with E-state index in [2.05, 4.69) is 34.5 Å². The fourth-order valence-electron chi connectivity index (χ4n) is 3.46. The molecule has 0 spiro atoms. The lowest BCUT2D eigenvalue weighted by molar-refractivity contribution is 0.353. The fraction of sp³-hybridized carbons (Fsp3) is 0.632. The fourth-order valence-corrected chi connectivity index (χ4v) is 4.82. The molecule has 0 radical (unpaired) electrons. The Labute approximate surface area is 174 Å². The summed E-state index contributed by atoms with van der Waals surface area (Å²) in [5.74, 6) is 1.03. The van der Waals surface area contributed by atoms with E-state index < -0.39 is 14.6 Å². The lowest BCUT2D eigenvalue weighted by atomic mass is 9.96. The molecule has 1 aliphatic heterocycles. The van der Waals surface area contributed by atoms with Crippen molar-refractivity contribution >= 4 is 39.8 Å². The normalized spacial score (nSPS) is 23.0. The molecule has 1 aromatic rings. The van der Waals surface area contributed by atoms with Crippen molar-refractivity contribution in [1.82, 2.24) is 10.2 Å². The van der Waals surface area contributed by atoms with Gasteiger partial charge in [0.25, 0.3) is 0 Å². The van der Waals surface area contributed by atoms with E-state index in [4.69, 9.17) is 4.99 Å². The van der Waals surface area contributed by atoms with E-state index in [-0.39, 0.29) is 35.1 Å². The number of rotatable bonds is 4. The van der Waals surface area contributed by atoms with Crippen molar-refractivity contribution in [3.05, 3.63) is 35.9 Å². The summed E-state index contributed by atoms with van der Waals surface area (Å²) in [5.41, 5.74) is 1.52. The van der Waals surface area contributed by atoms with Crippen LogP contribution in [-0.2, 0) is 15.3 Å². The minimum atomic E-state index is -3.04. The molecule has 0 aromatic heterocycles. The number of nitrogens with zero attached hydrogens (tertiary/aromatic N) is 2. The standard InChI is InChI=1S/C19H29N3O2S.HI/c1-4-20-17(22-12-13-25(23,24)18(2,3)15-22)21-14-19(10-11-19)16-8-6-5-7-9-16;/h5-9H,4,10-15H2,1-3H3,(H,20,21);1H. The summed E-state index contributed by atoms with van der Waals surface area (Å²) in [7, 11) is -3.04. The Bertz CT molecular complexity index is 743. The van der Waals surface area contributed by atoms with Crippen LogP contribution in [0.1, 0.15) is 39.2 Å².